The van der Waals surface area contributed by atoms with Crippen LogP contribution in [0.1, 0.15) is 104 Å². The SMILES string of the molecule is CC(C)(C)c1ccc(N2c3ccccc3B3c4ccccc4N(c4ccccc4)c4cc(N5c6ccc(C(C)(C)C)cc6C6(C)CCCCCC56C)cc2c43)c(-c2ccccc2)c1. The predicted octanol–water partition coefficient (Wildman–Crippen LogP) is 14.2. The number of fused-ring (bicyclic) bond motifs is 7. The maximum Gasteiger partial charge on any atom is 0.252 e. The van der Waals surface area contributed by atoms with Gasteiger partial charge >= 0.3 is 0 Å². The lowest BCUT2D eigenvalue weighted by molar-refractivity contribution is 0.261. The summed E-state index contributed by atoms with van der Waals surface area (Å²) in [7, 11) is 0. The van der Waals surface area contributed by atoms with Crippen LogP contribution in [-0.4, -0.2) is 12.3 Å². The average Bonchev–Trinajstić information content (AvgIpc) is 3.34. The first kappa shape index (κ1) is 39.8. The fraction of sp³-hybridized carbons (Fsp3) is 0.288. The van der Waals surface area contributed by atoms with Crippen molar-refractivity contribution in [3.05, 3.63) is 174 Å². The topological polar surface area (TPSA) is 9.72 Å². The maximum atomic E-state index is 2.81. The van der Waals surface area contributed by atoms with Gasteiger partial charge in [-0.15, -0.1) is 0 Å². The highest BCUT2D eigenvalue weighted by atomic mass is 15.3. The molecule has 314 valence electrons. The third-order valence-corrected chi connectivity index (χ3v) is 15.6. The summed E-state index contributed by atoms with van der Waals surface area (Å²) in [5.74, 6) is 0. The maximum absolute atomic E-state index is 2.81. The Hall–Kier alpha value is -6.00. The molecule has 7 aromatic carbocycles. The molecule has 0 aromatic heterocycles. The van der Waals surface area contributed by atoms with E-state index in [-0.39, 0.29) is 28.5 Å². The van der Waals surface area contributed by atoms with Crippen LogP contribution >= 0.6 is 0 Å². The quantitative estimate of drug-likeness (QED) is 0.164. The van der Waals surface area contributed by atoms with Crippen LogP contribution in [0.3, 0.4) is 0 Å². The second kappa shape index (κ2) is 14.3. The molecule has 0 saturated heterocycles. The van der Waals surface area contributed by atoms with Crippen LogP contribution in [-0.2, 0) is 16.2 Å². The van der Waals surface area contributed by atoms with Crippen molar-refractivity contribution in [1.82, 2.24) is 0 Å². The van der Waals surface area contributed by atoms with Gasteiger partial charge in [0, 0.05) is 50.8 Å². The normalized spacial score (nSPS) is 20.1. The summed E-state index contributed by atoms with van der Waals surface area (Å²) < 4.78 is 0. The molecule has 0 bridgehead atoms. The molecule has 11 rings (SSSR count). The zero-order valence-electron chi connectivity index (χ0n) is 38.5. The summed E-state index contributed by atoms with van der Waals surface area (Å²) >= 11 is 0. The minimum atomic E-state index is -0.131. The van der Waals surface area contributed by atoms with Gasteiger partial charge in [-0.05, 0) is 124 Å². The van der Waals surface area contributed by atoms with Gasteiger partial charge in [0.1, 0.15) is 0 Å². The van der Waals surface area contributed by atoms with Gasteiger partial charge in [0.05, 0.1) is 11.2 Å². The molecular formula is C59H60BN3. The molecule has 3 heterocycles. The summed E-state index contributed by atoms with van der Waals surface area (Å²) in [5.41, 5.74) is 20.7. The number of hydrogen-bond acceptors (Lipinski definition) is 3. The van der Waals surface area contributed by atoms with Crippen molar-refractivity contribution < 1.29 is 0 Å². The van der Waals surface area contributed by atoms with Crippen LogP contribution in [0.4, 0.5) is 45.5 Å². The van der Waals surface area contributed by atoms with Crippen LogP contribution in [0.15, 0.2) is 158 Å². The summed E-state index contributed by atoms with van der Waals surface area (Å²) in [4.78, 5) is 8.01. The van der Waals surface area contributed by atoms with Crippen molar-refractivity contribution >= 4 is 68.6 Å². The minimum absolute atomic E-state index is 0.0112. The molecule has 0 N–H and O–H groups in total. The van der Waals surface area contributed by atoms with Crippen molar-refractivity contribution in [1.29, 1.82) is 0 Å². The van der Waals surface area contributed by atoms with Gasteiger partial charge in [0.2, 0.25) is 0 Å². The molecule has 1 fully saturated rings. The lowest BCUT2D eigenvalue weighted by Crippen LogP contribution is -2.61. The standard InChI is InChI=1S/C59H60BN3/c1-56(2,3)41-30-32-49(45(36-41)40-22-12-9-13-23-40)62-52-29-19-17-27-48(52)60-47-26-16-18-28-51(47)61(43-24-14-10-15-25-43)53-38-44(39-54(62)55(53)60)63-50-33-31-42(57(4,5)6)37-46(50)58(7)34-20-11-21-35-59(58,63)8/h9-10,12-19,22-33,36-39H,11,20-21,34-35H2,1-8H3. The molecule has 0 amide bonds. The van der Waals surface area contributed by atoms with Crippen molar-refractivity contribution in [3.63, 3.8) is 0 Å². The van der Waals surface area contributed by atoms with E-state index < -0.39 is 0 Å². The number of hydrogen-bond donors (Lipinski definition) is 0. The molecule has 2 atom stereocenters. The van der Waals surface area contributed by atoms with E-state index in [1.54, 1.807) is 0 Å². The first-order valence-electron chi connectivity index (χ1n) is 23.4. The van der Waals surface area contributed by atoms with E-state index in [1.165, 1.54) is 115 Å². The summed E-state index contributed by atoms with van der Waals surface area (Å²) in [6, 6.07) is 60.4. The highest BCUT2D eigenvalue weighted by Gasteiger charge is 2.57. The van der Waals surface area contributed by atoms with E-state index in [1.807, 2.05) is 0 Å². The lowest BCUT2D eigenvalue weighted by Gasteiger charge is -2.48. The molecule has 7 aromatic rings. The Morgan fingerprint density at radius 2 is 1.00 bits per heavy atom. The van der Waals surface area contributed by atoms with E-state index in [0.29, 0.717) is 0 Å². The third kappa shape index (κ3) is 6.00. The highest BCUT2D eigenvalue weighted by Crippen LogP contribution is 2.61. The van der Waals surface area contributed by atoms with Crippen LogP contribution in [0, 0.1) is 0 Å². The largest absolute Gasteiger partial charge is 0.334 e. The second-order valence-corrected chi connectivity index (χ2v) is 21.3. The Balaban J connectivity index is 1.26. The fourth-order valence-corrected chi connectivity index (χ4v) is 12.0. The lowest BCUT2D eigenvalue weighted by atomic mass is 9.33. The van der Waals surface area contributed by atoms with E-state index >= 15 is 0 Å². The van der Waals surface area contributed by atoms with Crippen LogP contribution in [0.2, 0.25) is 0 Å². The summed E-state index contributed by atoms with van der Waals surface area (Å²) in [6.07, 6.45) is 6.09. The highest BCUT2D eigenvalue weighted by molar-refractivity contribution is 7.00. The summed E-state index contributed by atoms with van der Waals surface area (Å²) in [6.45, 7) is 19.3. The van der Waals surface area contributed by atoms with Gasteiger partial charge in [0.15, 0.2) is 0 Å². The van der Waals surface area contributed by atoms with Gasteiger partial charge in [-0.1, -0.05) is 171 Å². The number of rotatable bonds is 4. The predicted molar refractivity (Wildman–Crippen MR) is 271 cm³/mol. The fourth-order valence-electron chi connectivity index (χ4n) is 12.0. The molecule has 3 nitrogen and oxygen atoms in total. The molecule has 0 radical (unpaired) electrons. The monoisotopic (exact) mass is 821 g/mol. The zero-order valence-corrected chi connectivity index (χ0v) is 38.5. The van der Waals surface area contributed by atoms with E-state index in [9.17, 15) is 0 Å². The van der Waals surface area contributed by atoms with Crippen molar-refractivity contribution in [3.8, 4) is 11.1 Å². The molecule has 3 aliphatic heterocycles. The molecule has 2 unspecified atom stereocenters. The molecule has 1 aliphatic carbocycles. The molecule has 63 heavy (non-hydrogen) atoms. The number of benzene rings is 7. The average molecular weight is 822 g/mol. The van der Waals surface area contributed by atoms with Crippen molar-refractivity contribution in [2.75, 3.05) is 14.7 Å². The smallest absolute Gasteiger partial charge is 0.252 e. The molecule has 1 saturated carbocycles. The van der Waals surface area contributed by atoms with Crippen LogP contribution < -0.4 is 31.1 Å². The van der Waals surface area contributed by atoms with Crippen LogP contribution in [0.5, 0.6) is 0 Å². The molecule has 4 aliphatic rings. The van der Waals surface area contributed by atoms with Crippen molar-refractivity contribution in [2.45, 2.75) is 109 Å². The van der Waals surface area contributed by atoms with Crippen LogP contribution in [0.25, 0.3) is 11.1 Å². The van der Waals surface area contributed by atoms with Gasteiger partial charge in [-0.2, -0.15) is 0 Å². The molecular weight excluding hydrogens is 761 g/mol. The summed E-state index contributed by atoms with van der Waals surface area (Å²) in [5, 5.41) is 0. The number of nitrogens with zero attached hydrogens (tertiary/aromatic N) is 3. The Morgan fingerprint density at radius 3 is 1.65 bits per heavy atom. The Labute approximate surface area is 376 Å². The Bertz CT molecular complexity index is 2900. The Morgan fingerprint density at radius 1 is 0.460 bits per heavy atom. The van der Waals surface area contributed by atoms with E-state index in [4.69, 9.17) is 0 Å². The number of para-hydroxylation sites is 3. The van der Waals surface area contributed by atoms with Crippen molar-refractivity contribution in [2.24, 2.45) is 0 Å². The van der Waals surface area contributed by atoms with Gasteiger partial charge in [-0.3, -0.25) is 0 Å². The first-order chi connectivity index (χ1) is 30.3. The van der Waals surface area contributed by atoms with Gasteiger partial charge in [0.25, 0.3) is 6.71 Å². The Kier molecular flexibility index (Phi) is 9.01. The van der Waals surface area contributed by atoms with Gasteiger partial charge < -0.3 is 14.7 Å². The minimum Gasteiger partial charge on any atom is -0.334 e. The number of anilines is 8. The second-order valence-electron chi connectivity index (χ2n) is 21.3. The van der Waals surface area contributed by atoms with Gasteiger partial charge in [-0.25, -0.2) is 0 Å². The third-order valence-electron chi connectivity index (χ3n) is 15.6. The van der Waals surface area contributed by atoms with E-state index in [2.05, 4.69) is 228 Å². The molecule has 0 spiro atoms. The first-order valence-corrected chi connectivity index (χ1v) is 23.4. The molecule has 4 heteroatoms. The van der Waals surface area contributed by atoms with E-state index in [0.717, 1.165) is 6.42 Å². The zero-order chi connectivity index (χ0) is 43.5.